The molecule has 1 aromatic carbocycles. The summed E-state index contributed by atoms with van der Waals surface area (Å²) in [5.41, 5.74) is 0.0644. The molecule has 1 fully saturated rings. The monoisotopic (exact) mass is 301 g/mol. The summed E-state index contributed by atoms with van der Waals surface area (Å²) in [6.45, 7) is 7.14. The molecule has 0 heterocycles. The Balaban J connectivity index is 2.25. The Morgan fingerprint density at radius 1 is 1.35 bits per heavy atom. The van der Waals surface area contributed by atoms with Crippen molar-refractivity contribution < 1.29 is 13.0 Å². The molecular weight excluding hydrogens is 280 g/mol. The van der Waals surface area contributed by atoms with Crippen molar-refractivity contribution >= 4 is 10.8 Å². The van der Waals surface area contributed by atoms with E-state index in [0.717, 1.165) is 31.5 Å². The third-order valence-corrected chi connectivity index (χ3v) is 5.89. The first-order valence-electron chi connectivity index (χ1n) is 6.96. The summed E-state index contributed by atoms with van der Waals surface area (Å²) < 4.78 is 38.9. The predicted octanol–water partition coefficient (Wildman–Crippen LogP) is 3.24. The molecule has 1 aliphatic carbocycles. The van der Waals surface area contributed by atoms with E-state index < -0.39 is 22.4 Å². The van der Waals surface area contributed by atoms with Gasteiger partial charge in [-0.15, -0.1) is 0 Å². The van der Waals surface area contributed by atoms with Crippen LogP contribution < -0.4 is 5.32 Å². The molecule has 2 rings (SSSR count). The van der Waals surface area contributed by atoms with E-state index in [4.69, 9.17) is 0 Å². The Hall–Kier alpha value is -0.810. The van der Waals surface area contributed by atoms with Gasteiger partial charge in [-0.2, -0.15) is 0 Å². The highest BCUT2D eigenvalue weighted by Crippen LogP contribution is 2.41. The van der Waals surface area contributed by atoms with Crippen LogP contribution in [0.4, 0.5) is 8.78 Å². The highest BCUT2D eigenvalue weighted by molar-refractivity contribution is 7.85. The molecule has 112 valence electrons. The third-order valence-electron chi connectivity index (χ3n) is 4.11. The minimum Gasteiger partial charge on any atom is -0.313 e. The summed E-state index contributed by atoms with van der Waals surface area (Å²) in [6, 6.07) is 3.65. The first-order chi connectivity index (χ1) is 9.36. The molecule has 3 unspecified atom stereocenters. The van der Waals surface area contributed by atoms with E-state index in [9.17, 15) is 13.0 Å². The Kier molecular flexibility index (Phi) is 4.59. The van der Waals surface area contributed by atoms with Gasteiger partial charge in [-0.25, -0.2) is 8.78 Å². The van der Waals surface area contributed by atoms with Gasteiger partial charge in [0.2, 0.25) is 0 Å². The molecule has 0 amide bonds. The SMILES string of the molecule is CCNC1C(S(=O)c2ccc(F)c(F)c2)CCC1(C)C. The molecule has 0 bridgehead atoms. The Morgan fingerprint density at radius 2 is 2.05 bits per heavy atom. The lowest BCUT2D eigenvalue weighted by Crippen LogP contribution is -2.46. The van der Waals surface area contributed by atoms with Gasteiger partial charge in [-0.05, 0) is 43.0 Å². The molecular formula is C15H21F2NOS. The summed E-state index contributed by atoms with van der Waals surface area (Å²) in [5.74, 6) is -1.84. The highest BCUT2D eigenvalue weighted by Gasteiger charge is 2.44. The van der Waals surface area contributed by atoms with Crippen molar-refractivity contribution in [3.63, 3.8) is 0 Å². The van der Waals surface area contributed by atoms with Crippen molar-refractivity contribution in [2.75, 3.05) is 6.54 Å². The number of nitrogens with one attached hydrogen (secondary N) is 1. The zero-order chi connectivity index (χ0) is 14.9. The lowest BCUT2D eigenvalue weighted by Gasteiger charge is -2.31. The number of hydrogen-bond donors (Lipinski definition) is 1. The van der Waals surface area contributed by atoms with Gasteiger partial charge < -0.3 is 5.32 Å². The van der Waals surface area contributed by atoms with E-state index >= 15 is 0 Å². The lowest BCUT2D eigenvalue weighted by atomic mass is 9.87. The smallest absolute Gasteiger partial charge is 0.160 e. The van der Waals surface area contributed by atoms with Crippen LogP contribution in [0.3, 0.4) is 0 Å². The molecule has 0 radical (unpaired) electrons. The van der Waals surface area contributed by atoms with Crippen molar-refractivity contribution in [2.24, 2.45) is 5.41 Å². The maximum absolute atomic E-state index is 13.3. The fourth-order valence-electron chi connectivity index (χ4n) is 2.97. The van der Waals surface area contributed by atoms with Crippen LogP contribution in [-0.4, -0.2) is 22.0 Å². The summed E-state index contributed by atoms with van der Waals surface area (Å²) >= 11 is 0. The third kappa shape index (κ3) is 2.93. The molecule has 0 saturated heterocycles. The van der Waals surface area contributed by atoms with Crippen LogP contribution in [0, 0.1) is 17.0 Å². The largest absolute Gasteiger partial charge is 0.313 e. The fraction of sp³-hybridized carbons (Fsp3) is 0.600. The van der Waals surface area contributed by atoms with Gasteiger partial charge in [-0.3, -0.25) is 4.21 Å². The van der Waals surface area contributed by atoms with Crippen molar-refractivity contribution in [2.45, 2.75) is 49.8 Å². The Bertz CT molecular complexity index is 519. The second-order valence-electron chi connectivity index (χ2n) is 5.97. The molecule has 0 aromatic heterocycles. The van der Waals surface area contributed by atoms with E-state index in [1.54, 1.807) is 0 Å². The van der Waals surface area contributed by atoms with Gasteiger partial charge in [0, 0.05) is 10.9 Å². The topological polar surface area (TPSA) is 29.1 Å². The van der Waals surface area contributed by atoms with Gasteiger partial charge in [0.25, 0.3) is 0 Å². The normalized spacial score (nSPS) is 26.6. The molecule has 0 spiro atoms. The lowest BCUT2D eigenvalue weighted by molar-refractivity contribution is 0.289. The standard InChI is InChI=1S/C15H21F2NOS/c1-4-18-14-13(7-8-15(14,2)3)20(19)10-5-6-11(16)12(17)9-10/h5-6,9,13-14,18H,4,7-8H2,1-3H3. The highest BCUT2D eigenvalue weighted by atomic mass is 32.2. The number of hydrogen-bond acceptors (Lipinski definition) is 2. The Morgan fingerprint density at radius 3 is 2.65 bits per heavy atom. The summed E-state index contributed by atoms with van der Waals surface area (Å²) in [7, 11) is -1.32. The molecule has 1 N–H and O–H groups in total. The molecule has 1 aliphatic rings. The second-order valence-corrected chi connectivity index (χ2v) is 7.65. The molecule has 2 nitrogen and oxygen atoms in total. The van der Waals surface area contributed by atoms with Gasteiger partial charge in [-0.1, -0.05) is 20.8 Å². The van der Waals surface area contributed by atoms with Crippen molar-refractivity contribution in [3.05, 3.63) is 29.8 Å². The summed E-state index contributed by atoms with van der Waals surface area (Å²) in [4.78, 5) is 0.370. The van der Waals surface area contributed by atoms with Crippen molar-refractivity contribution in [1.82, 2.24) is 5.32 Å². The minimum atomic E-state index is -1.32. The van der Waals surface area contributed by atoms with Gasteiger partial charge in [0.05, 0.1) is 16.0 Å². The van der Waals surface area contributed by atoms with Crippen LogP contribution in [-0.2, 0) is 10.8 Å². The van der Waals surface area contributed by atoms with E-state index in [2.05, 4.69) is 19.2 Å². The van der Waals surface area contributed by atoms with Crippen LogP contribution in [0.5, 0.6) is 0 Å². The van der Waals surface area contributed by atoms with Crippen LogP contribution in [0.1, 0.15) is 33.6 Å². The first-order valence-corrected chi connectivity index (χ1v) is 8.17. The van der Waals surface area contributed by atoms with Crippen LogP contribution in [0.25, 0.3) is 0 Å². The van der Waals surface area contributed by atoms with Gasteiger partial charge in [0.1, 0.15) is 0 Å². The quantitative estimate of drug-likeness (QED) is 0.925. The Labute approximate surface area is 121 Å². The molecule has 3 atom stereocenters. The van der Waals surface area contributed by atoms with Crippen molar-refractivity contribution in [1.29, 1.82) is 0 Å². The van der Waals surface area contributed by atoms with Gasteiger partial charge in [0.15, 0.2) is 11.6 Å². The average Bonchev–Trinajstić information content (AvgIpc) is 2.69. The van der Waals surface area contributed by atoms with E-state index in [1.165, 1.54) is 6.07 Å². The summed E-state index contributed by atoms with van der Waals surface area (Å²) in [6.07, 6.45) is 1.81. The molecule has 1 aromatic rings. The molecule has 20 heavy (non-hydrogen) atoms. The molecule has 0 aliphatic heterocycles. The average molecular weight is 301 g/mol. The van der Waals surface area contributed by atoms with E-state index in [0.29, 0.717) is 4.90 Å². The zero-order valence-electron chi connectivity index (χ0n) is 12.1. The maximum atomic E-state index is 13.3. The number of benzene rings is 1. The molecule has 5 heteroatoms. The van der Waals surface area contributed by atoms with E-state index in [1.807, 2.05) is 6.92 Å². The fourth-order valence-corrected chi connectivity index (χ4v) is 4.79. The molecule has 1 saturated carbocycles. The predicted molar refractivity (Wildman–Crippen MR) is 77.0 cm³/mol. The first kappa shape index (κ1) is 15.6. The summed E-state index contributed by atoms with van der Waals surface area (Å²) in [5, 5.41) is 3.34. The second kappa shape index (κ2) is 5.90. The minimum absolute atomic E-state index is 0.0604. The maximum Gasteiger partial charge on any atom is 0.160 e. The van der Waals surface area contributed by atoms with Crippen LogP contribution >= 0.6 is 0 Å². The van der Waals surface area contributed by atoms with Gasteiger partial charge >= 0.3 is 0 Å². The zero-order valence-corrected chi connectivity index (χ0v) is 12.9. The van der Waals surface area contributed by atoms with Crippen LogP contribution in [0.15, 0.2) is 23.1 Å². The number of rotatable bonds is 4. The van der Waals surface area contributed by atoms with Crippen molar-refractivity contribution in [3.8, 4) is 0 Å². The van der Waals surface area contributed by atoms with E-state index in [-0.39, 0.29) is 16.7 Å². The van der Waals surface area contributed by atoms with Crippen LogP contribution in [0.2, 0.25) is 0 Å². The number of halogens is 2.